The monoisotopic (exact) mass is 354 g/mol. The molecule has 0 atom stereocenters. The number of hydrogen-bond donors (Lipinski definition) is 0. The Morgan fingerprint density at radius 2 is 1.54 bits per heavy atom. The van der Waals surface area contributed by atoms with Crippen molar-refractivity contribution in [2.45, 2.75) is 6.92 Å². The maximum absolute atomic E-state index is 12.7. The van der Waals surface area contributed by atoms with E-state index in [-0.39, 0.29) is 12.0 Å². The van der Waals surface area contributed by atoms with Crippen molar-refractivity contribution < 1.29 is 19.1 Å². The Balaban J connectivity index is 1.62. The Labute approximate surface area is 152 Å². The lowest BCUT2D eigenvalue weighted by atomic mass is 10.1. The lowest BCUT2D eigenvalue weighted by Crippen LogP contribution is -2.50. The van der Waals surface area contributed by atoms with Gasteiger partial charge in [-0.3, -0.25) is 4.79 Å². The lowest BCUT2D eigenvalue weighted by Gasteiger charge is -2.34. The van der Waals surface area contributed by atoms with Gasteiger partial charge < -0.3 is 19.3 Å². The van der Waals surface area contributed by atoms with Gasteiger partial charge >= 0.3 is 6.09 Å². The first-order valence-electron chi connectivity index (χ1n) is 8.71. The highest BCUT2D eigenvalue weighted by atomic mass is 16.6. The molecule has 1 aliphatic heterocycles. The Hall–Kier alpha value is -3.02. The van der Waals surface area contributed by atoms with Crippen LogP contribution in [0.3, 0.4) is 0 Å². The summed E-state index contributed by atoms with van der Waals surface area (Å²) in [5.74, 6) is 1.28. The highest BCUT2D eigenvalue weighted by Gasteiger charge is 2.25. The van der Waals surface area contributed by atoms with Crippen LogP contribution in [0.4, 0.5) is 4.79 Å². The summed E-state index contributed by atoms with van der Waals surface area (Å²) in [5.41, 5.74) is 0.572. The van der Waals surface area contributed by atoms with Gasteiger partial charge in [-0.1, -0.05) is 24.3 Å². The number of rotatable bonds is 4. The second-order valence-corrected chi connectivity index (χ2v) is 5.92. The van der Waals surface area contributed by atoms with Crippen molar-refractivity contribution in [3.63, 3.8) is 0 Å². The zero-order valence-electron chi connectivity index (χ0n) is 14.8. The minimum Gasteiger partial charge on any atom is -0.457 e. The van der Waals surface area contributed by atoms with E-state index in [0.29, 0.717) is 44.1 Å². The number of carbonyl (C=O) groups excluding carboxylic acids is 2. The molecule has 2 amide bonds. The van der Waals surface area contributed by atoms with Crippen LogP contribution in [0, 0.1) is 0 Å². The van der Waals surface area contributed by atoms with Gasteiger partial charge in [-0.05, 0) is 37.3 Å². The minimum absolute atomic E-state index is 0.0629. The summed E-state index contributed by atoms with van der Waals surface area (Å²) in [4.78, 5) is 27.9. The van der Waals surface area contributed by atoms with Gasteiger partial charge in [0.2, 0.25) is 0 Å². The van der Waals surface area contributed by atoms with E-state index in [1.54, 1.807) is 34.9 Å². The fraction of sp³-hybridized carbons (Fsp3) is 0.300. The molecule has 26 heavy (non-hydrogen) atoms. The highest BCUT2D eigenvalue weighted by molar-refractivity contribution is 5.94. The molecule has 6 heteroatoms. The summed E-state index contributed by atoms with van der Waals surface area (Å²) in [7, 11) is 0. The molecular weight excluding hydrogens is 332 g/mol. The van der Waals surface area contributed by atoms with Gasteiger partial charge in [-0.2, -0.15) is 0 Å². The number of carbonyl (C=O) groups is 2. The molecule has 6 nitrogen and oxygen atoms in total. The molecule has 0 radical (unpaired) electrons. The smallest absolute Gasteiger partial charge is 0.409 e. The van der Waals surface area contributed by atoms with Gasteiger partial charge in [-0.25, -0.2) is 4.79 Å². The maximum atomic E-state index is 12.7. The predicted molar refractivity (Wildman–Crippen MR) is 97.5 cm³/mol. The molecule has 0 saturated carbocycles. The van der Waals surface area contributed by atoms with Crippen LogP contribution in [0.5, 0.6) is 11.5 Å². The molecule has 3 rings (SSSR count). The predicted octanol–water partition coefficient (Wildman–Crippen LogP) is 3.39. The molecule has 0 unspecified atom stereocenters. The highest BCUT2D eigenvalue weighted by Crippen LogP contribution is 2.22. The Morgan fingerprint density at radius 1 is 0.885 bits per heavy atom. The topological polar surface area (TPSA) is 59.1 Å². The average molecular weight is 354 g/mol. The summed E-state index contributed by atoms with van der Waals surface area (Å²) >= 11 is 0. The van der Waals surface area contributed by atoms with E-state index in [1.165, 1.54) is 0 Å². The van der Waals surface area contributed by atoms with Crippen molar-refractivity contribution in [3.05, 3.63) is 60.2 Å². The van der Waals surface area contributed by atoms with E-state index in [2.05, 4.69) is 0 Å². The van der Waals surface area contributed by atoms with Crippen LogP contribution in [0.25, 0.3) is 0 Å². The first-order chi connectivity index (χ1) is 12.7. The average Bonchev–Trinajstić information content (AvgIpc) is 2.69. The number of nitrogens with zero attached hydrogens (tertiary/aromatic N) is 2. The Morgan fingerprint density at radius 3 is 2.23 bits per heavy atom. The van der Waals surface area contributed by atoms with Gasteiger partial charge in [-0.15, -0.1) is 0 Å². The van der Waals surface area contributed by atoms with E-state index in [4.69, 9.17) is 9.47 Å². The van der Waals surface area contributed by atoms with Crippen molar-refractivity contribution in [1.29, 1.82) is 0 Å². The van der Waals surface area contributed by atoms with Crippen LogP contribution in [0.2, 0.25) is 0 Å². The van der Waals surface area contributed by atoms with Gasteiger partial charge in [0.05, 0.1) is 6.61 Å². The molecule has 1 saturated heterocycles. The van der Waals surface area contributed by atoms with E-state index in [1.807, 2.05) is 36.4 Å². The molecule has 0 N–H and O–H groups in total. The molecule has 0 aliphatic carbocycles. The molecule has 0 aromatic heterocycles. The molecule has 136 valence electrons. The first-order valence-corrected chi connectivity index (χ1v) is 8.71. The van der Waals surface area contributed by atoms with Crippen molar-refractivity contribution in [3.8, 4) is 11.5 Å². The van der Waals surface area contributed by atoms with E-state index >= 15 is 0 Å². The number of amides is 2. The second-order valence-electron chi connectivity index (χ2n) is 5.92. The summed E-state index contributed by atoms with van der Waals surface area (Å²) in [5, 5.41) is 0. The van der Waals surface area contributed by atoms with Gasteiger partial charge in [0.1, 0.15) is 11.5 Å². The maximum Gasteiger partial charge on any atom is 0.409 e. The standard InChI is InChI=1S/C20H22N2O4/c1-2-25-20(24)22-13-11-21(12-14-22)19(23)16-7-6-10-18(15-16)26-17-8-4-3-5-9-17/h3-10,15H,2,11-14H2,1H3. The third-order valence-electron chi connectivity index (χ3n) is 4.15. The molecule has 2 aromatic carbocycles. The number of ether oxygens (including phenoxy) is 2. The Bertz CT molecular complexity index is 755. The van der Waals surface area contributed by atoms with Crippen LogP contribution in [0.1, 0.15) is 17.3 Å². The molecule has 1 aliphatic rings. The van der Waals surface area contributed by atoms with Crippen molar-refractivity contribution in [2.24, 2.45) is 0 Å². The third-order valence-corrected chi connectivity index (χ3v) is 4.15. The first kappa shape index (κ1) is 17.8. The number of hydrogen-bond acceptors (Lipinski definition) is 4. The number of piperazine rings is 1. The van der Waals surface area contributed by atoms with Crippen molar-refractivity contribution >= 4 is 12.0 Å². The number of benzene rings is 2. The summed E-state index contributed by atoms with van der Waals surface area (Å²) in [6, 6.07) is 16.6. The van der Waals surface area contributed by atoms with Crippen LogP contribution in [-0.4, -0.2) is 54.6 Å². The van der Waals surface area contributed by atoms with E-state index < -0.39 is 0 Å². The summed E-state index contributed by atoms with van der Waals surface area (Å²) < 4.78 is 10.8. The third kappa shape index (κ3) is 4.33. The normalized spacial score (nSPS) is 14.0. The Kier molecular flexibility index (Phi) is 5.73. The van der Waals surface area contributed by atoms with Gasteiger partial charge in [0, 0.05) is 31.7 Å². The molecule has 1 heterocycles. The largest absolute Gasteiger partial charge is 0.457 e. The SMILES string of the molecule is CCOC(=O)N1CCN(C(=O)c2cccc(Oc3ccccc3)c2)CC1. The van der Waals surface area contributed by atoms with Gasteiger partial charge in [0.15, 0.2) is 0 Å². The lowest BCUT2D eigenvalue weighted by molar-refractivity contribution is 0.0570. The van der Waals surface area contributed by atoms with E-state index in [9.17, 15) is 9.59 Å². The second kappa shape index (κ2) is 8.38. The molecule has 0 spiro atoms. The molecule has 0 bridgehead atoms. The minimum atomic E-state index is -0.321. The molecule has 2 aromatic rings. The van der Waals surface area contributed by atoms with Crippen LogP contribution < -0.4 is 4.74 Å². The number of para-hydroxylation sites is 1. The quantitative estimate of drug-likeness (QED) is 0.844. The fourth-order valence-corrected chi connectivity index (χ4v) is 2.81. The van der Waals surface area contributed by atoms with E-state index in [0.717, 1.165) is 5.75 Å². The zero-order chi connectivity index (χ0) is 18.4. The molecule has 1 fully saturated rings. The van der Waals surface area contributed by atoms with Gasteiger partial charge in [0.25, 0.3) is 5.91 Å². The van der Waals surface area contributed by atoms with Crippen LogP contribution in [0.15, 0.2) is 54.6 Å². The van der Waals surface area contributed by atoms with Crippen molar-refractivity contribution in [2.75, 3.05) is 32.8 Å². The zero-order valence-corrected chi connectivity index (χ0v) is 14.8. The van der Waals surface area contributed by atoms with Crippen LogP contribution >= 0.6 is 0 Å². The molecular formula is C20H22N2O4. The summed E-state index contributed by atoms with van der Waals surface area (Å²) in [6.45, 7) is 4.06. The van der Waals surface area contributed by atoms with Crippen molar-refractivity contribution in [1.82, 2.24) is 9.80 Å². The van der Waals surface area contributed by atoms with Crippen LogP contribution in [-0.2, 0) is 4.74 Å². The fourth-order valence-electron chi connectivity index (χ4n) is 2.81. The summed E-state index contributed by atoms with van der Waals surface area (Å²) in [6.07, 6.45) is -0.321.